The van der Waals surface area contributed by atoms with Crippen LogP contribution in [0.4, 0.5) is 4.39 Å². The zero-order chi connectivity index (χ0) is 39.1. The van der Waals surface area contributed by atoms with Crippen LogP contribution in [0.1, 0.15) is 93.3 Å². The van der Waals surface area contributed by atoms with E-state index in [9.17, 15) is 17.6 Å². The van der Waals surface area contributed by atoms with E-state index in [1.165, 1.54) is 16.4 Å². The average Bonchev–Trinajstić information content (AvgIpc) is 3.77. The third-order valence-electron chi connectivity index (χ3n) is 10.5. The van der Waals surface area contributed by atoms with Crippen molar-refractivity contribution in [3.8, 4) is 16.9 Å². The van der Waals surface area contributed by atoms with Crippen LogP contribution in [0.2, 0.25) is 5.02 Å². The van der Waals surface area contributed by atoms with Crippen molar-refractivity contribution in [1.29, 1.82) is 0 Å². The number of alkyl halides is 1. The molecule has 3 heterocycles. The van der Waals surface area contributed by atoms with E-state index in [0.29, 0.717) is 96.6 Å². The van der Waals surface area contributed by atoms with Gasteiger partial charge in [0.2, 0.25) is 10.0 Å². The zero-order valence-corrected chi connectivity index (χ0v) is 33.9. The fourth-order valence-corrected chi connectivity index (χ4v) is 9.56. The van der Waals surface area contributed by atoms with Gasteiger partial charge in [-0.1, -0.05) is 44.2 Å². The molecular formula is C42H53Cl2FN4O6S. The molecule has 5 aromatic rings. The number of nitrogens with one attached hydrogen (secondary N) is 2. The minimum Gasteiger partial charge on any atom is -0.493 e. The standard InChI is InChI=1S/C41H49Cl2FN4O6S.CH4/c1-4-33-37(40(47-46-33)34(17-12-26-18-22-52-23-19-26)48(3)55(50,51)24-8-20-42)36-32(43)16-15-31-30(39(45-38(31)36)41(49)53-5-2)10-7-21-54-35-11-6-9-27-25-28(44)13-14-29(27)35;/h6,9,11,13-16,25-26,34,45H,4-5,7-8,10,12,17-24H2,1-3H3,(H,46,47);1H4. The van der Waals surface area contributed by atoms with E-state index in [1.807, 2.05) is 37.3 Å². The van der Waals surface area contributed by atoms with Crippen molar-refractivity contribution in [3.63, 3.8) is 0 Å². The van der Waals surface area contributed by atoms with Crippen LogP contribution in [-0.4, -0.2) is 79.0 Å². The maximum absolute atomic E-state index is 13.9. The summed E-state index contributed by atoms with van der Waals surface area (Å²) < 4.78 is 60.1. The maximum Gasteiger partial charge on any atom is 0.355 e. The predicted octanol–water partition coefficient (Wildman–Crippen LogP) is 10.0. The number of halogens is 3. The van der Waals surface area contributed by atoms with E-state index >= 15 is 0 Å². The first-order valence-electron chi connectivity index (χ1n) is 19.1. The number of carbonyl (C=O) groups is 1. The van der Waals surface area contributed by atoms with Gasteiger partial charge in [-0.05, 0) is 105 Å². The van der Waals surface area contributed by atoms with Crippen molar-refractivity contribution in [3.05, 3.63) is 82.0 Å². The molecule has 10 nitrogen and oxygen atoms in total. The van der Waals surface area contributed by atoms with Crippen molar-refractivity contribution in [2.75, 3.05) is 45.1 Å². The van der Waals surface area contributed by atoms with E-state index in [4.69, 9.17) is 42.5 Å². The molecule has 1 unspecified atom stereocenters. The van der Waals surface area contributed by atoms with E-state index in [1.54, 1.807) is 20.0 Å². The minimum atomic E-state index is -3.70. The Bertz CT molecular complexity index is 2220. The van der Waals surface area contributed by atoms with Gasteiger partial charge in [0.05, 0.1) is 41.2 Å². The van der Waals surface area contributed by atoms with E-state index in [0.717, 1.165) is 46.7 Å². The molecule has 1 aliphatic rings. The average molecular weight is 832 g/mol. The number of hydrogen-bond acceptors (Lipinski definition) is 7. The van der Waals surface area contributed by atoms with Crippen LogP contribution in [0.3, 0.4) is 0 Å². The van der Waals surface area contributed by atoms with Crippen LogP contribution in [0.15, 0.2) is 48.5 Å². The summed E-state index contributed by atoms with van der Waals surface area (Å²) in [6, 6.07) is 13.2. The molecule has 1 aliphatic heterocycles. The van der Waals surface area contributed by atoms with Gasteiger partial charge in [-0.3, -0.25) is 5.10 Å². The topological polar surface area (TPSA) is 127 Å². The summed E-state index contributed by atoms with van der Waals surface area (Å²) in [6.45, 7) is 5.69. The molecule has 1 saturated heterocycles. The van der Waals surface area contributed by atoms with Crippen molar-refractivity contribution < 1.29 is 31.8 Å². The van der Waals surface area contributed by atoms with E-state index < -0.39 is 22.0 Å². The highest BCUT2D eigenvalue weighted by Gasteiger charge is 2.34. The van der Waals surface area contributed by atoms with Gasteiger partial charge in [-0.25, -0.2) is 17.6 Å². The molecule has 0 aliphatic carbocycles. The van der Waals surface area contributed by atoms with Gasteiger partial charge in [0.25, 0.3) is 0 Å². The Morgan fingerprint density at radius 2 is 1.86 bits per heavy atom. The van der Waals surface area contributed by atoms with Gasteiger partial charge in [-0.2, -0.15) is 9.40 Å². The monoisotopic (exact) mass is 830 g/mol. The normalized spacial score (nSPS) is 14.3. The Morgan fingerprint density at radius 1 is 1.09 bits per heavy atom. The molecule has 3 aromatic carbocycles. The van der Waals surface area contributed by atoms with Crippen molar-refractivity contribution in [2.24, 2.45) is 5.92 Å². The van der Waals surface area contributed by atoms with Crippen molar-refractivity contribution in [2.45, 2.75) is 78.7 Å². The molecule has 0 radical (unpaired) electrons. The van der Waals surface area contributed by atoms with Crippen LogP contribution in [-0.2, 0) is 32.3 Å². The number of ether oxygens (including phenoxy) is 3. The number of fused-ring (bicyclic) bond motifs is 2. The summed E-state index contributed by atoms with van der Waals surface area (Å²) in [7, 11) is -2.08. The first-order valence-corrected chi connectivity index (χ1v) is 21.6. The maximum atomic E-state index is 13.9. The number of rotatable bonds is 18. The molecule has 0 amide bonds. The molecule has 6 rings (SSSR count). The lowest BCUT2D eigenvalue weighted by atomic mass is 9.89. The number of carbonyl (C=O) groups excluding carboxylic acids is 1. The summed E-state index contributed by atoms with van der Waals surface area (Å²) >= 11 is 13.1. The summed E-state index contributed by atoms with van der Waals surface area (Å²) in [5.41, 5.74) is 4.44. The lowest BCUT2D eigenvalue weighted by molar-refractivity contribution is 0.0519. The molecule has 0 saturated carbocycles. The molecule has 56 heavy (non-hydrogen) atoms. The molecule has 14 heteroatoms. The minimum absolute atomic E-state index is 0. The quantitative estimate of drug-likeness (QED) is 0.0512. The summed E-state index contributed by atoms with van der Waals surface area (Å²) in [4.78, 5) is 16.9. The smallest absolute Gasteiger partial charge is 0.355 e. The molecule has 0 bridgehead atoms. The fourth-order valence-electron chi connectivity index (χ4n) is 7.62. The first kappa shape index (κ1) is 43.4. The number of aromatic amines is 2. The summed E-state index contributed by atoms with van der Waals surface area (Å²) in [5, 5.41) is 10.8. The number of benzene rings is 3. The Kier molecular flexibility index (Phi) is 15.2. The molecule has 2 N–H and O–H groups in total. The van der Waals surface area contributed by atoms with Gasteiger partial charge in [0.15, 0.2) is 0 Å². The molecule has 304 valence electrons. The van der Waals surface area contributed by atoms with Crippen molar-refractivity contribution >= 4 is 60.9 Å². The second kappa shape index (κ2) is 19.7. The number of esters is 1. The molecule has 1 atom stereocenters. The fraction of sp³-hybridized carbons (Fsp3) is 0.476. The van der Waals surface area contributed by atoms with Crippen molar-refractivity contribution in [1.82, 2.24) is 19.5 Å². The number of nitrogens with zero attached hydrogens (tertiary/aromatic N) is 2. The Morgan fingerprint density at radius 3 is 2.59 bits per heavy atom. The third kappa shape index (κ3) is 9.53. The zero-order valence-electron chi connectivity index (χ0n) is 31.6. The molecule has 1 fully saturated rings. The van der Waals surface area contributed by atoms with Crippen LogP contribution in [0.5, 0.6) is 5.75 Å². The second-order valence-electron chi connectivity index (χ2n) is 14.0. The van der Waals surface area contributed by atoms with Gasteiger partial charge in [0.1, 0.15) is 17.3 Å². The lowest BCUT2D eigenvalue weighted by Crippen LogP contribution is -2.34. The third-order valence-corrected chi connectivity index (χ3v) is 13.1. The van der Waals surface area contributed by atoms with Crippen LogP contribution in [0, 0.1) is 11.7 Å². The highest BCUT2D eigenvalue weighted by atomic mass is 35.5. The first-order chi connectivity index (χ1) is 26.6. The van der Waals surface area contributed by atoms with Crippen LogP contribution >= 0.6 is 23.2 Å². The van der Waals surface area contributed by atoms with Gasteiger partial charge < -0.3 is 19.2 Å². The van der Waals surface area contributed by atoms with Crippen LogP contribution in [0.25, 0.3) is 32.8 Å². The van der Waals surface area contributed by atoms with Gasteiger partial charge >= 0.3 is 5.97 Å². The predicted molar refractivity (Wildman–Crippen MR) is 223 cm³/mol. The number of aryl methyl sites for hydroxylation is 2. The van der Waals surface area contributed by atoms with Gasteiger partial charge in [0, 0.05) is 53.7 Å². The Balaban J connectivity index is 0.00000600. The Labute approximate surface area is 339 Å². The molecule has 2 aromatic heterocycles. The highest BCUT2D eigenvalue weighted by Crippen LogP contribution is 2.44. The molecular weight excluding hydrogens is 778 g/mol. The molecule has 0 spiro atoms. The van der Waals surface area contributed by atoms with Crippen LogP contribution < -0.4 is 4.74 Å². The van der Waals surface area contributed by atoms with E-state index in [-0.39, 0.29) is 31.5 Å². The number of hydrogen-bond donors (Lipinski definition) is 2. The number of sulfonamides is 1. The van der Waals surface area contributed by atoms with E-state index in [2.05, 4.69) is 10.1 Å². The Hall–Kier alpha value is -3.68. The largest absolute Gasteiger partial charge is 0.493 e. The van der Waals surface area contributed by atoms with Gasteiger partial charge in [-0.15, -0.1) is 11.6 Å². The highest BCUT2D eigenvalue weighted by molar-refractivity contribution is 7.89. The summed E-state index contributed by atoms with van der Waals surface area (Å²) in [5.74, 6) is 0.407. The number of H-pyrrole nitrogens is 2. The summed E-state index contributed by atoms with van der Waals surface area (Å²) in [6.07, 6.45) is 5.12. The number of aromatic nitrogens is 3. The second-order valence-corrected chi connectivity index (χ2v) is 16.9. The SMILES string of the molecule is C.CCOC(=O)c1[nH]c2c(-c3c(C(CCC4CCOCC4)N(C)S(=O)(=O)CCCCl)n[nH]c3CC)c(Cl)ccc2c1CCCOc1cccc2cc(F)ccc12. The lowest BCUT2D eigenvalue weighted by Gasteiger charge is -2.30.